The highest BCUT2D eigenvalue weighted by Crippen LogP contribution is 2.39. The van der Waals surface area contributed by atoms with Crippen LogP contribution in [0.3, 0.4) is 0 Å². The fourth-order valence-electron chi connectivity index (χ4n) is 5.69. The topological polar surface area (TPSA) is 111 Å². The minimum Gasteiger partial charge on any atom is -0.484 e. The van der Waals surface area contributed by atoms with Crippen molar-refractivity contribution in [3.63, 3.8) is 0 Å². The molecule has 0 unspecified atom stereocenters. The molecule has 0 bridgehead atoms. The van der Waals surface area contributed by atoms with Crippen molar-refractivity contribution in [3.05, 3.63) is 36.2 Å². The lowest BCUT2D eigenvalue weighted by Crippen LogP contribution is -2.37. The predicted octanol–water partition coefficient (Wildman–Crippen LogP) is 3.92. The van der Waals surface area contributed by atoms with E-state index in [0.29, 0.717) is 43.4 Å². The van der Waals surface area contributed by atoms with Gasteiger partial charge in [0.2, 0.25) is 5.95 Å². The molecule has 0 radical (unpaired) electrons. The Labute approximate surface area is 222 Å². The van der Waals surface area contributed by atoms with Gasteiger partial charge in [0.15, 0.2) is 5.75 Å². The molecule has 1 amide bonds. The van der Waals surface area contributed by atoms with E-state index >= 15 is 0 Å². The third-order valence-electron chi connectivity index (χ3n) is 7.80. The minimum absolute atomic E-state index is 0.0860. The highest BCUT2D eigenvalue weighted by Gasteiger charge is 2.28. The van der Waals surface area contributed by atoms with E-state index in [9.17, 15) is 4.79 Å². The number of anilines is 1. The summed E-state index contributed by atoms with van der Waals surface area (Å²) in [5.74, 6) is 1.81. The van der Waals surface area contributed by atoms with Crippen LogP contribution >= 0.6 is 0 Å². The largest absolute Gasteiger partial charge is 0.484 e. The van der Waals surface area contributed by atoms with Gasteiger partial charge in [0.1, 0.15) is 19.8 Å². The Balaban J connectivity index is 1.09. The van der Waals surface area contributed by atoms with Crippen LogP contribution in [0.5, 0.6) is 11.6 Å². The standard InChI is InChI=1S/C28H34N6O4/c1-17-23-14-18(22-9-10-29-26-25(22)36-12-13-37-26)5-8-24(23)33-27(30-17)31-19-6-7-20(15-19)32-28(35)38-16-21-4-3-11-34(21)2/h5,8-10,14,19-21H,3-4,6-7,11-13,15-16H2,1-2H3,(H,32,35)(H,30,31,33)/t19-,20+,21-/m1/s1. The number of nitrogens with one attached hydrogen (secondary N) is 2. The predicted molar refractivity (Wildman–Crippen MR) is 144 cm³/mol. The number of carbonyl (C=O) groups excluding carboxylic acids is 1. The summed E-state index contributed by atoms with van der Waals surface area (Å²) in [5.41, 5.74) is 3.71. The first-order valence-electron chi connectivity index (χ1n) is 13.5. The summed E-state index contributed by atoms with van der Waals surface area (Å²) in [6.45, 7) is 4.53. The maximum absolute atomic E-state index is 12.3. The quantitative estimate of drug-likeness (QED) is 0.501. The molecule has 200 valence electrons. The van der Waals surface area contributed by atoms with Crippen molar-refractivity contribution in [2.45, 2.75) is 57.2 Å². The van der Waals surface area contributed by atoms with Gasteiger partial charge in [-0.1, -0.05) is 6.07 Å². The Morgan fingerprint density at radius 3 is 2.87 bits per heavy atom. The fourth-order valence-corrected chi connectivity index (χ4v) is 5.69. The monoisotopic (exact) mass is 518 g/mol. The molecule has 4 heterocycles. The van der Waals surface area contributed by atoms with Gasteiger partial charge in [0.25, 0.3) is 5.88 Å². The first-order chi connectivity index (χ1) is 18.5. The zero-order chi connectivity index (χ0) is 26.1. The van der Waals surface area contributed by atoms with Crippen LogP contribution in [0, 0.1) is 6.92 Å². The van der Waals surface area contributed by atoms with E-state index < -0.39 is 0 Å². The number of amides is 1. The molecule has 3 aromatic rings. The van der Waals surface area contributed by atoms with Crippen molar-refractivity contribution in [2.24, 2.45) is 0 Å². The van der Waals surface area contributed by atoms with Gasteiger partial charge in [-0.05, 0) is 76.4 Å². The molecule has 10 nitrogen and oxygen atoms in total. The molecule has 1 saturated heterocycles. The normalized spacial score (nSPS) is 22.9. The molecule has 6 rings (SSSR count). The third-order valence-corrected chi connectivity index (χ3v) is 7.80. The molecule has 2 aliphatic heterocycles. The first kappa shape index (κ1) is 24.7. The zero-order valence-electron chi connectivity index (χ0n) is 21.9. The van der Waals surface area contributed by atoms with Crippen LogP contribution < -0.4 is 20.1 Å². The number of likely N-dealkylation sites (N-methyl/N-ethyl adjacent to an activating group) is 1. The molecule has 0 spiro atoms. The van der Waals surface area contributed by atoms with E-state index in [2.05, 4.69) is 33.6 Å². The van der Waals surface area contributed by atoms with Crippen molar-refractivity contribution < 1.29 is 19.0 Å². The van der Waals surface area contributed by atoms with Gasteiger partial charge < -0.3 is 29.7 Å². The number of nitrogens with zero attached hydrogens (tertiary/aromatic N) is 4. The van der Waals surface area contributed by atoms with Crippen molar-refractivity contribution in [3.8, 4) is 22.8 Å². The number of rotatable bonds is 6. The van der Waals surface area contributed by atoms with Gasteiger partial charge in [-0.15, -0.1) is 0 Å². The Morgan fingerprint density at radius 1 is 1.13 bits per heavy atom. The number of benzene rings is 1. The second-order valence-electron chi connectivity index (χ2n) is 10.4. The lowest BCUT2D eigenvalue weighted by molar-refractivity contribution is 0.112. The number of likely N-dealkylation sites (tertiary alicyclic amines) is 1. The van der Waals surface area contributed by atoms with E-state index in [1.165, 1.54) is 0 Å². The van der Waals surface area contributed by atoms with Crippen LogP contribution in [-0.4, -0.2) is 77.5 Å². The summed E-state index contributed by atoms with van der Waals surface area (Å²) in [4.78, 5) is 28.4. The second kappa shape index (κ2) is 10.6. The van der Waals surface area contributed by atoms with Crippen LogP contribution in [0.25, 0.3) is 22.0 Å². The van der Waals surface area contributed by atoms with Gasteiger partial charge in [-0.3, -0.25) is 0 Å². The van der Waals surface area contributed by atoms with Crippen molar-refractivity contribution in [1.82, 2.24) is 25.2 Å². The number of carbonyl (C=O) groups is 1. The number of alkyl carbamates (subject to hydrolysis) is 1. The molecular weight excluding hydrogens is 484 g/mol. The van der Waals surface area contributed by atoms with Crippen molar-refractivity contribution in [2.75, 3.05) is 38.7 Å². The average molecular weight is 519 g/mol. The van der Waals surface area contributed by atoms with Crippen LogP contribution in [0.4, 0.5) is 10.7 Å². The van der Waals surface area contributed by atoms with Crippen LogP contribution in [0.2, 0.25) is 0 Å². The summed E-state index contributed by atoms with van der Waals surface area (Å²) in [6.07, 6.45) is 6.31. The number of pyridine rings is 1. The van der Waals surface area contributed by atoms with Crippen LogP contribution in [0.15, 0.2) is 30.5 Å². The number of ether oxygens (including phenoxy) is 3. The molecule has 2 fully saturated rings. The number of hydrogen-bond donors (Lipinski definition) is 2. The summed E-state index contributed by atoms with van der Waals surface area (Å²) in [6, 6.07) is 8.69. The number of fused-ring (bicyclic) bond motifs is 2. The van der Waals surface area contributed by atoms with E-state index in [0.717, 1.165) is 66.4 Å². The zero-order valence-corrected chi connectivity index (χ0v) is 21.9. The molecule has 2 aromatic heterocycles. The van der Waals surface area contributed by atoms with Crippen molar-refractivity contribution in [1.29, 1.82) is 0 Å². The molecule has 1 aromatic carbocycles. The average Bonchev–Trinajstić information content (AvgIpc) is 3.55. The smallest absolute Gasteiger partial charge is 0.407 e. The maximum Gasteiger partial charge on any atom is 0.407 e. The van der Waals surface area contributed by atoms with Gasteiger partial charge in [0.05, 0.1) is 11.2 Å². The fraction of sp³-hybridized carbons (Fsp3) is 0.500. The molecule has 3 atom stereocenters. The van der Waals surface area contributed by atoms with Crippen LogP contribution in [0.1, 0.15) is 37.8 Å². The maximum atomic E-state index is 12.3. The van der Waals surface area contributed by atoms with E-state index in [1.807, 2.05) is 25.1 Å². The molecule has 3 aliphatic rings. The van der Waals surface area contributed by atoms with Gasteiger partial charge in [-0.25, -0.2) is 19.7 Å². The molecule has 1 aliphatic carbocycles. The Bertz CT molecular complexity index is 1330. The Kier molecular flexibility index (Phi) is 6.88. The molecular formula is C28H34N6O4. The highest BCUT2D eigenvalue weighted by atomic mass is 16.6. The number of aromatic nitrogens is 3. The van der Waals surface area contributed by atoms with Gasteiger partial charge >= 0.3 is 6.09 Å². The van der Waals surface area contributed by atoms with Gasteiger partial charge in [0, 0.05) is 35.3 Å². The molecule has 1 saturated carbocycles. The summed E-state index contributed by atoms with van der Waals surface area (Å²) in [5, 5.41) is 7.50. The van der Waals surface area contributed by atoms with E-state index in [1.54, 1.807) is 6.20 Å². The van der Waals surface area contributed by atoms with E-state index in [-0.39, 0.29) is 18.2 Å². The summed E-state index contributed by atoms with van der Waals surface area (Å²) < 4.78 is 17.0. The summed E-state index contributed by atoms with van der Waals surface area (Å²) in [7, 11) is 2.08. The Morgan fingerprint density at radius 2 is 2.00 bits per heavy atom. The lowest BCUT2D eigenvalue weighted by Gasteiger charge is -2.20. The first-order valence-corrected chi connectivity index (χ1v) is 13.5. The molecule has 2 N–H and O–H groups in total. The number of hydrogen-bond acceptors (Lipinski definition) is 9. The summed E-state index contributed by atoms with van der Waals surface area (Å²) >= 11 is 0. The van der Waals surface area contributed by atoms with Gasteiger partial charge in [-0.2, -0.15) is 0 Å². The van der Waals surface area contributed by atoms with Crippen molar-refractivity contribution >= 4 is 22.9 Å². The minimum atomic E-state index is -0.322. The highest BCUT2D eigenvalue weighted by molar-refractivity contribution is 5.88. The molecule has 38 heavy (non-hydrogen) atoms. The lowest BCUT2D eigenvalue weighted by atomic mass is 10.0. The third kappa shape index (κ3) is 5.18. The van der Waals surface area contributed by atoms with Crippen LogP contribution in [-0.2, 0) is 4.74 Å². The molecule has 10 heteroatoms. The van der Waals surface area contributed by atoms with E-state index in [4.69, 9.17) is 24.2 Å². The SMILES string of the molecule is Cc1nc(N[C@@H]2CC[C@H](NC(=O)OC[C@H]3CCCN3C)C2)nc2ccc(-c3ccnc4c3OCCO4)cc12. The second-order valence-corrected chi connectivity index (χ2v) is 10.4. The number of aryl methyl sites for hydroxylation is 1. The Hall–Kier alpha value is -3.66.